The van der Waals surface area contributed by atoms with Gasteiger partial charge in [-0.15, -0.1) is 0 Å². The molecule has 0 radical (unpaired) electrons. The van der Waals surface area contributed by atoms with Crippen molar-refractivity contribution in [2.45, 2.75) is 0 Å². The lowest BCUT2D eigenvalue weighted by atomic mass is 10.0. The Morgan fingerprint density at radius 2 is 1.41 bits per heavy atom. The molecule has 88 valence electrons. The van der Waals surface area contributed by atoms with Crippen molar-refractivity contribution in [2.75, 3.05) is 5.73 Å². The molecule has 5 heteroatoms. The Balaban J connectivity index is 2.68. The van der Waals surface area contributed by atoms with Crippen LogP contribution in [0.15, 0.2) is 30.3 Å². The zero-order valence-corrected chi connectivity index (χ0v) is 8.48. The fourth-order valence-electron chi connectivity index (χ4n) is 1.48. The molecule has 17 heavy (non-hydrogen) atoms. The van der Waals surface area contributed by atoms with Crippen molar-refractivity contribution in [3.05, 3.63) is 53.6 Å². The van der Waals surface area contributed by atoms with Gasteiger partial charge in [0.2, 0.25) is 0 Å². The molecule has 2 aromatic rings. The zero-order valence-electron chi connectivity index (χ0n) is 8.48. The number of nitrogen functional groups attached to an aromatic ring is 1. The highest BCUT2D eigenvalue weighted by Crippen LogP contribution is 2.30. The Labute approximate surface area is 94.5 Å². The first kappa shape index (κ1) is 11.4. The summed E-state index contributed by atoms with van der Waals surface area (Å²) in [6, 6.07) is 4.63. The SMILES string of the molecule is Nc1ccc(F)c(-c2ccc(F)c(F)c2)c1F. The minimum Gasteiger partial charge on any atom is -0.396 e. The van der Waals surface area contributed by atoms with E-state index in [0.29, 0.717) is 0 Å². The van der Waals surface area contributed by atoms with Crippen LogP contribution in [0.2, 0.25) is 0 Å². The Morgan fingerprint density at radius 3 is 2.06 bits per heavy atom. The van der Waals surface area contributed by atoms with Crippen molar-refractivity contribution in [3.63, 3.8) is 0 Å². The first-order chi connectivity index (χ1) is 8.00. The topological polar surface area (TPSA) is 26.0 Å². The molecule has 0 saturated heterocycles. The maximum Gasteiger partial charge on any atom is 0.159 e. The van der Waals surface area contributed by atoms with Crippen LogP contribution in [-0.2, 0) is 0 Å². The Hall–Kier alpha value is -2.04. The molecule has 0 atom stereocenters. The van der Waals surface area contributed by atoms with E-state index in [1.54, 1.807) is 0 Å². The fourth-order valence-corrected chi connectivity index (χ4v) is 1.48. The molecule has 2 rings (SSSR count). The van der Waals surface area contributed by atoms with E-state index >= 15 is 0 Å². The number of rotatable bonds is 1. The number of halogens is 4. The van der Waals surface area contributed by atoms with Crippen LogP contribution in [0, 0.1) is 23.3 Å². The van der Waals surface area contributed by atoms with Crippen LogP contribution < -0.4 is 5.73 Å². The number of hydrogen-bond acceptors (Lipinski definition) is 1. The van der Waals surface area contributed by atoms with E-state index in [1.165, 1.54) is 0 Å². The van der Waals surface area contributed by atoms with Gasteiger partial charge in [-0.1, -0.05) is 6.07 Å². The molecule has 1 nitrogen and oxygen atoms in total. The molecule has 2 aromatic carbocycles. The molecule has 0 fully saturated rings. The Morgan fingerprint density at radius 1 is 0.765 bits per heavy atom. The average Bonchev–Trinajstić information content (AvgIpc) is 2.29. The lowest BCUT2D eigenvalue weighted by Crippen LogP contribution is -1.97. The summed E-state index contributed by atoms with van der Waals surface area (Å²) in [4.78, 5) is 0. The van der Waals surface area contributed by atoms with E-state index in [4.69, 9.17) is 5.73 Å². The standard InChI is InChI=1S/C12H7F4N/c13-7-2-1-6(5-9(7)15)11-8(14)3-4-10(17)12(11)16/h1-5H,17H2. The van der Waals surface area contributed by atoms with Crippen molar-refractivity contribution in [2.24, 2.45) is 0 Å². The summed E-state index contributed by atoms with van der Waals surface area (Å²) >= 11 is 0. The molecule has 0 aromatic heterocycles. The molecule has 0 saturated carbocycles. The smallest absolute Gasteiger partial charge is 0.159 e. The molecule has 0 aliphatic carbocycles. The molecule has 0 bridgehead atoms. The van der Waals surface area contributed by atoms with E-state index in [2.05, 4.69) is 0 Å². The number of nitrogens with two attached hydrogens (primary N) is 1. The minimum absolute atomic E-state index is 0.105. The number of benzene rings is 2. The third-order valence-electron chi connectivity index (χ3n) is 2.33. The molecule has 0 unspecified atom stereocenters. The monoisotopic (exact) mass is 241 g/mol. The van der Waals surface area contributed by atoms with Crippen LogP contribution in [0.25, 0.3) is 11.1 Å². The maximum absolute atomic E-state index is 13.6. The van der Waals surface area contributed by atoms with Gasteiger partial charge in [-0.25, -0.2) is 17.6 Å². The minimum atomic E-state index is -1.18. The summed E-state index contributed by atoms with van der Waals surface area (Å²) < 4.78 is 52.7. The van der Waals surface area contributed by atoms with Crippen LogP contribution in [0.1, 0.15) is 0 Å². The third kappa shape index (κ3) is 1.95. The van der Waals surface area contributed by atoms with Crippen LogP contribution in [-0.4, -0.2) is 0 Å². The Bertz CT molecular complexity index is 581. The first-order valence-electron chi connectivity index (χ1n) is 4.69. The van der Waals surface area contributed by atoms with Gasteiger partial charge in [0.1, 0.15) is 5.82 Å². The van der Waals surface area contributed by atoms with Crippen molar-refractivity contribution >= 4 is 5.69 Å². The molecule has 0 heterocycles. The molecule has 0 aliphatic rings. The number of anilines is 1. The highest BCUT2D eigenvalue weighted by molar-refractivity contribution is 5.69. The van der Waals surface area contributed by atoms with Crippen molar-refractivity contribution in [1.29, 1.82) is 0 Å². The lowest BCUT2D eigenvalue weighted by molar-refractivity contribution is 0.508. The van der Waals surface area contributed by atoms with Gasteiger partial charge in [0.15, 0.2) is 17.5 Å². The first-order valence-corrected chi connectivity index (χ1v) is 4.69. The maximum atomic E-state index is 13.6. The molecule has 0 amide bonds. The van der Waals surface area contributed by atoms with Crippen molar-refractivity contribution in [1.82, 2.24) is 0 Å². The van der Waals surface area contributed by atoms with Gasteiger partial charge >= 0.3 is 0 Å². The average molecular weight is 241 g/mol. The zero-order chi connectivity index (χ0) is 12.6. The second kappa shape index (κ2) is 4.08. The predicted molar refractivity (Wildman–Crippen MR) is 56.1 cm³/mol. The van der Waals surface area contributed by atoms with Gasteiger partial charge < -0.3 is 5.73 Å². The second-order valence-electron chi connectivity index (χ2n) is 3.45. The van der Waals surface area contributed by atoms with Crippen LogP contribution >= 0.6 is 0 Å². The summed E-state index contributed by atoms with van der Waals surface area (Å²) in [5.74, 6) is -4.14. The van der Waals surface area contributed by atoms with E-state index in [0.717, 1.165) is 30.3 Å². The van der Waals surface area contributed by atoms with E-state index < -0.39 is 28.8 Å². The van der Waals surface area contributed by atoms with Crippen LogP contribution in [0.5, 0.6) is 0 Å². The van der Waals surface area contributed by atoms with Gasteiger partial charge in [-0.05, 0) is 29.8 Å². The predicted octanol–water partition coefficient (Wildman–Crippen LogP) is 3.49. The van der Waals surface area contributed by atoms with Crippen LogP contribution in [0.4, 0.5) is 23.2 Å². The normalized spacial score (nSPS) is 10.6. The van der Waals surface area contributed by atoms with E-state index in [9.17, 15) is 17.6 Å². The largest absolute Gasteiger partial charge is 0.396 e. The lowest BCUT2D eigenvalue weighted by Gasteiger charge is -2.07. The summed E-state index contributed by atoms with van der Waals surface area (Å²) in [6.07, 6.45) is 0. The molecule has 0 spiro atoms. The molecular weight excluding hydrogens is 234 g/mol. The highest BCUT2D eigenvalue weighted by atomic mass is 19.2. The Kier molecular flexibility index (Phi) is 2.75. The molecular formula is C12H7F4N. The summed E-state index contributed by atoms with van der Waals surface area (Å²) in [6.45, 7) is 0. The quantitative estimate of drug-likeness (QED) is 0.600. The van der Waals surface area contributed by atoms with E-state index in [1.807, 2.05) is 0 Å². The van der Waals surface area contributed by atoms with E-state index in [-0.39, 0.29) is 11.3 Å². The van der Waals surface area contributed by atoms with Crippen molar-refractivity contribution < 1.29 is 17.6 Å². The molecule has 2 N–H and O–H groups in total. The summed E-state index contributed by atoms with van der Waals surface area (Å²) in [5, 5.41) is 0. The van der Waals surface area contributed by atoms with Gasteiger partial charge in [0.05, 0.1) is 11.3 Å². The molecule has 0 aliphatic heterocycles. The van der Waals surface area contributed by atoms with Gasteiger partial charge in [0, 0.05) is 0 Å². The second-order valence-corrected chi connectivity index (χ2v) is 3.45. The third-order valence-corrected chi connectivity index (χ3v) is 2.33. The van der Waals surface area contributed by atoms with Crippen molar-refractivity contribution in [3.8, 4) is 11.1 Å². The van der Waals surface area contributed by atoms with Gasteiger partial charge in [-0.2, -0.15) is 0 Å². The summed E-state index contributed by atoms with van der Waals surface area (Å²) in [5.41, 5.74) is 4.45. The summed E-state index contributed by atoms with van der Waals surface area (Å²) in [7, 11) is 0. The van der Waals surface area contributed by atoms with Crippen LogP contribution in [0.3, 0.4) is 0 Å². The van der Waals surface area contributed by atoms with Gasteiger partial charge in [-0.3, -0.25) is 0 Å². The number of hydrogen-bond donors (Lipinski definition) is 1. The highest BCUT2D eigenvalue weighted by Gasteiger charge is 2.15. The van der Waals surface area contributed by atoms with Gasteiger partial charge in [0.25, 0.3) is 0 Å². The fraction of sp³-hybridized carbons (Fsp3) is 0.